The van der Waals surface area contributed by atoms with Gasteiger partial charge in [0.05, 0.1) is 10.6 Å². The van der Waals surface area contributed by atoms with E-state index in [1.54, 1.807) is 36.4 Å². The molecule has 0 bridgehead atoms. The Bertz CT molecular complexity index is 1300. The van der Waals surface area contributed by atoms with E-state index >= 15 is 0 Å². The Morgan fingerprint density at radius 3 is 2.29 bits per heavy atom. The molecule has 3 aromatic carbocycles. The van der Waals surface area contributed by atoms with Gasteiger partial charge in [0, 0.05) is 24.2 Å². The van der Waals surface area contributed by atoms with Gasteiger partial charge < -0.3 is 10.2 Å². The number of amides is 2. The molecule has 3 aromatic rings. The van der Waals surface area contributed by atoms with Crippen molar-refractivity contribution in [2.45, 2.75) is 24.4 Å². The number of hydrogen-bond acceptors (Lipinski definition) is 4. The molecule has 7 nitrogen and oxygen atoms in total. The molecule has 0 radical (unpaired) electrons. The first kappa shape index (κ1) is 26.2. The lowest BCUT2D eigenvalue weighted by Crippen LogP contribution is -2.50. The highest BCUT2D eigenvalue weighted by Gasteiger charge is 2.32. The molecule has 1 N–H and O–H groups in total. The number of nitrogens with zero attached hydrogens (tertiary/aromatic N) is 2. The second-order valence-electron chi connectivity index (χ2n) is 7.71. The lowest BCUT2D eigenvalue weighted by Gasteiger charge is -2.31. The summed E-state index contributed by atoms with van der Waals surface area (Å²) in [6.45, 7) is 0.634. The number of anilines is 1. The van der Waals surface area contributed by atoms with E-state index in [4.69, 9.17) is 11.6 Å². The number of benzene rings is 3. The van der Waals surface area contributed by atoms with Gasteiger partial charge in [0.15, 0.2) is 0 Å². The van der Waals surface area contributed by atoms with E-state index in [1.165, 1.54) is 56.4 Å². The molecular formula is C25H25ClFN3O4S. The van der Waals surface area contributed by atoms with Crippen molar-refractivity contribution < 1.29 is 22.4 Å². The molecule has 0 aliphatic rings. The van der Waals surface area contributed by atoms with Crippen molar-refractivity contribution in [2.24, 2.45) is 0 Å². The van der Waals surface area contributed by atoms with E-state index in [0.29, 0.717) is 0 Å². The van der Waals surface area contributed by atoms with Crippen LogP contribution in [-0.2, 0) is 26.2 Å². The second kappa shape index (κ2) is 11.3. The molecule has 1 unspecified atom stereocenters. The fourth-order valence-electron chi connectivity index (χ4n) is 3.48. The molecule has 10 heteroatoms. The highest BCUT2D eigenvalue weighted by atomic mass is 35.5. The number of sulfonamides is 1. The van der Waals surface area contributed by atoms with Crippen molar-refractivity contribution in [2.75, 3.05) is 17.9 Å². The minimum atomic E-state index is -4.18. The monoisotopic (exact) mass is 517 g/mol. The summed E-state index contributed by atoms with van der Waals surface area (Å²) in [5.74, 6) is -1.71. The maximum absolute atomic E-state index is 14.4. The Labute approximate surface area is 209 Å². The van der Waals surface area contributed by atoms with Crippen molar-refractivity contribution in [3.8, 4) is 0 Å². The smallest absolute Gasteiger partial charge is 0.264 e. The number of halogens is 2. The molecule has 184 valence electrons. The molecule has 0 aliphatic carbocycles. The van der Waals surface area contributed by atoms with Crippen molar-refractivity contribution >= 4 is 39.1 Å². The maximum atomic E-state index is 14.4. The predicted molar refractivity (Wildman–Crippen MR) is 133 cm³/mol. The van der Waals surface area contributed by atoms with Crippen LogP contribution < -0.4 is 9.62 Å². The van der Waals surface area contributed by atoms with E-state index in [1.807, 2.05) is 0 Å². The standard InChI is InChI=1S/C25H25ClFN3O4S/c1-18(25(32)28-2)29(16-19-9-6-7-14-23(19)27)24(31)17-30(21-11-8-10-20(26)15-21)35(33,34)22-12-4-3-5-13-22/h3-15,18H,16-17H2,1-2H3,(H,28,32). The zero-order valence-corrected chi connectivity index (χ0v) is 20.8. The average molecular weight is 518 g/mol. The Balaban J connectivity index is 2.04. The summed E-state index contributed by atoms with van der Waals surface area (Å²) in [6, 6.07) is 18.6. The normalized spacial score (nSPS) is 12.0. The molecule has 2 amide bonds. The Morgan fingerprint density at radius 1 is 1.00 bits per heavy atom. The van der Waals surface area contributed by atoms with Gasteiger partial charge in [-0.05, 0) is 43.3 Å². The number of hydrogen-bond donors (Lipinski definition) is 1. The topological polar surface area (TPSA) is 86.8 Å². The van der Waals surface area contributed by atoms with Crippen molar-refractivity contribution in [3.63, 3.8) is 0 Å². The minimum absolute atomic E-state index is 0.0206. The molecule has 35 heavy (non-hydrogen) atoms. The fraction of sp³-hybridized carbons (Fsp3) is 0.200. The zero-order chi connectivity index (χ0) is 25.6. The Morgan fingerprint density at radius 2 is 1.66 bits per heavy atom. The molecule has 1 atom stereocenters. The number of carbonyl (C=O) groups is 2. The van der Waals surface area contributed by atoms with Gasteiger partial charge in [-0.3, -0.25) is 13.9 Å². The molecule has 3 rings (SSSR count). The third-order valence-corrected chi connectivity index (χ3v) is 7.44. The van der Waals surface area contributed by atoms with E-state index in [2.05, 4.69) is 5.32 Å². The highest BCUT2D eigenvalue weighted by molar-refractivity contribution is 7.92. The SMILES string of the molecule is CNC(=O)C(C)N(Cc1ccccc1F)C(=O)CN(c1cccc(Cl)c1)S(=O)(=O)c1ccccc1. The van der Waals surface area contributed by atoms with Crippen LogP contribution in [0.1, 0.15) is 12.5 Å². The molecule has 0 aromatic heterocycles. The minimum Gasteiger partial charge on any atom is -0.357 e. The summed E-state index contributed by atoms with van der Waals surface area (Å²) in [4.78, 5) is 27.1. The number of nitrogens with one attached hydrogen (secondary N) is 1. The second-order valence-corrected chi connectivity index (χ2v) is 10.0. The number of rotatable bonds is 9. The van der Waals surface area contributed by atoms with Crippen LogP contribution in [0.25, 0.3) is 0 Å². The van der Waals surface area contributed by atoms with Crippen LogP contribution in [0.15, 0.2) is 83.8 Å². The summed E-state index contributed by atoms with van der Waals surface area (Å²) < 4.78 is 42.4. The highest BCUT2D eigenvalue weighted by Crippen LogP contribution is 2.27. The molecule has 0 fully saturated rings. The lowest BCUT2D eigenvalue weighted by molar-refractivity contribution is -0.139. The van der Waals surface area contributed by atoms with Gasteiger partial charge in [-0.25, -0.2) is 12.8 Å². The molecule has 0 heterocycles. The van der Waals surface area contributed by atoms with Gasteiger partial charge in [0.1, 0.15) is 18.4 Å². The molecule has 0 saturated heterocycles. The molecule has 0 saturated carbocycles. The largest absolute Gasteiger partial charge is 0.357 e. The molecule has 0 aliphatic heterocycles. The van der Waals surface area contributed by atoms with Crippen molar-refractivity contribution in [1.82, 2.24) is 10.2 Å². The predicted octanol–water partition coefficient (Wildman–Crippen LogP) is 3.84. The van der Waals surface area contributed by atoms with Crippen molar-refractivity contribution in [3.05, 3.63) is 95.3 Å². The summed E-state index contributed by atoms with van der Waals surface area (Å²) >= 11 is 6.11. The maximum Gasteiger partial charge on any atom is 0.264 e. The van der Waals surface area contributed by atoms with E-state index in [9.17, 15) is 22.4 Å². The van der Waals surface area contributed by atoms with E-state index in [-0.39, 0.29) is 27.7 Å². The van der Waals surface area contributed by atoms with E-state index in [0.717, 1.165) is 9.21 Å². The quantitative estimate of drug-likeness (QED) is 0.467. The third-order valence-electron chi connectivity index (χ3n) is 5.42. The lowest BCUT2D eigenvalue weighted by atomic mass is 10.1. The summed E-state index contributed by atoms with van der Waals surface area (Å²) in [6.07, 6.45) is 0. The molecule has 0 spiro atoms. The fourth-order valence-corrected chi connectivity index (χ4v) is 5.09. The van der Waals surface area contributed by atoms with Gasteiger partial charge in [0.2, 0.25) is 11.8 Å². The Kier molecular flexibility index (Phi) is 8.48. The molecular weight excluding hydrogens is 493 g/mol. The third kappa shape index (κ3) is 6.17. The van der Waals surface area contributed by atoms with Gasteiger partial charge in [-0.1, -0.05) is 54.1 Å². The van der Waals surface area contributed by atoms with Gasteiger partial charge >= 0.3 is 0 Å². The van der Waals surface area contributed by atoms with E-state index < -0.39 is 40.2 Å². The first-order valence-corrected chi connectivity index (χ1v) is 12.5. The van der Waals surface area contributed by atoms with Crippen LogP contribution >= 0.6 is 11.6 Å². The van der Waals surface area contributed by atoms with Gasteiger partial charge in [-0.2, -0.15) is 0 Å². The van der Waals surface area contributed by atoms with Crippen LogP contribution in [0.3, 0.4) is 0 Å². The van der Waals surface area contributed by atoms with Crippen LogP contribution in [-0.4, -0.2) is 44.8 Å². The zero-order valence-electron chi connectivity index (χ0n) is 19.2. The van der Waals surface area contributed by atoms with Crippen LogP contribution in [0.4, 0.5) is 10.1 Å². The summed E-state index contributed by atoms with van der Waals surface area (Å²) in [5.41, 5.74) is 0.366. The summed E-state index contributed by atoms with van der Waals surface area (Å²) in [7, 11) is -2.76. The van der Waals surface area contributed by atoms with Gasteiger partial charge in [0.25, 0.3) is 10.0 Å². The van der Waals surface area contributed by atoms with Crippen LogP contribution in [0.2, 0.25) is 5.02 Å². The van der Waals surface area contributed by atoms with Crippen LogP contribution in [0, 0.1) is 5.82 Å². The van der Waals surface area contributed by atoms with Crippen molar-refractivity contribution in [1.29, 1.82) is 0 Å². The number of carbonyl (C=O) groups excluding carboxylic acids is 2. The average Bonchev–Trinajstić information content (AvgIpc) is 2.86. The number of likely N-dealkylation sites (N-methyl/N-ethyl adjacent to an activating group) is 1. The van der Waals surface area contributed by atoms with Gasteiger partial charge in [-0.15, -0.1) is 0 Å². The first-order chi connectivity index (χ1) is 16.6. The Hall–Kier alpha value is -3.43. The van der Waals surface area contributed by atoms with Crippen LogP contribution in [0.5, 0.6) is 0 Å². The first-order valence-electron chi connectivity index (χ1n) is 10.7. The summed E-state index contributed by atoms with van der Waals surface area (Å²) in [5, 5.41) is 2.76.